The molecule has 0 spiro atoms. The van der Waals surface area contributed by atoms with Crippen molar-refractivity contribution in [1.29, 1.82) is 5.26 Å². The monoisotopic (exact) mass is 632 g/mol. The van der Waals surface area contributed by atoms with Crippen LogP contribution in [0.4, 0.5) is 10.6 Å². The number of nitrogens with zero attached hydrogens (tertiary/aromatic N) is 8. The lowest BCUT2D eigenvalue weighted by Gasteiger charge is -2.56. The Kier molecular flexibility index (Phi) is 7.84. The second-order valence-corrected chi connectivity index (χ2v) is 13.8. The lowest BCUT2D eigenvalue weighted by Crippen LogP contribution is -2.68. The van der Waals surface area contributed by atoms with Gasteiger partial charge in [0.2, 0.25) is 5.88 Å². The summed E-state index contributed by atoms with van der Waals surface area (Å²) < 4.78 is 12.6. The average Bonchev–Trinajstić information content (AvgIpc) is 3.49. The van der Waals surface area contributed by atoms with Crippen LogP contribution < -0.4 is 9.64 Å². The molecule has 2 bridgehead atoms. The fourth-order valence-electron chi connectivity index (χ4n) is 7.01. The standard InChI is InChI=1S/C36H40N8O3/c1-23-12-25(10-11-42(23)35(45)47-36(2,3)4)27-13-31(34-28(15-37)18-40-44(34)20-27)26-7-8-32(38-17-26)41-21-29-14-30(22-41)43(29)19-24-6-9-33(46-5)39-16-24/h6-10,13,16-18,20,23,29-30H,11-12,14,19,21-22H2,1-5H3. The molecule has 0 aromatic carbocycles. The van der Waals surface area contributed by atoms with Crippen LogP contribution in [0.15, 0.2) is 61.2 Å². The number of amides is 1. The number of fused-ring (bicyclic) bond motifs is 3. The van der Waals surface area contributed by atoms with Crippen molar-refractivity contribution in [3.8, 4) is 23.1 Å². The topological polar surface area (TPSA) is 112 Å². The quantitative estimate of drug-likeness (QED) is 0.270. The molecule has 4 aliphatic heterocycles. The minimum atomic E-state index is -0.548. The summed E-state index contributed by atoms with van der Waals surface area (Å²) in [4.78, 5) is 28.8. The lowest BCUT2D eigenvalue weighted by atomic mass is 9.87. The molecule has 4 aromatic heterocycles. The van der Waals surface area contributed by atoms with E-state index in [4.69, 9.17) is 14.5 Å². The van der Waals surface area contributed by atoms with E-state index in [0.29, 0.717) is 36.5 Å². The number of piperidine rings is 1. The Hall–Kier alpha value is -4.95. The second kappa shape index (κ2) is 12.0. The van der Waals surface area contributed by atoms with Gasteiger partial charge in [-0.25, -0.2) is 19.3 Å². The van der Waals surface area contributed by atoms with Crippen molar-refractivity contribution in [2.24, 2.45) is 0 Å². The third-order valence-electron chi connectivity index (χ3n) is 9.41. The van der Waals surface area contributed by atoms with E-state index in [1.807, 2.05) is 52.4 Å². The minimum absolute atomic E-state index is 0.0307. The lowest BCUT2D eigenvalue weighted by molar-refractivity contribution is -0.00876. The molecule has 1 amide bonds. The fourth-order valence-corrected chi connectivity index (χ4v) is 7.01. The van der Waals surface area contributed by atoms with Gasteiger partial charge in [-0.15, -0.1) is 0 Å². The van der Waals surface area contributed by atoms with Crippen molar-refractivity contribution in [2.45, 2.75) is 70.8 Å². The molecule has 3 atom stereocenters. The van der Waals surface area contributed by atoms with Crippen LogP contribution in [0.25, 0.3) is 22.2 Å². The van der Waals surface area contributed by atoms with E-state index in [0.717, 1.165) is 53.2 Å². The SMILES string of the molecule is COc1ccc(CN2C3CC2CN(c2ccc(-c4cc(C5=CCN(C(=O)OC(C)(C)C)C(C)C5)cn5ncc(C#N)c45)cn2)C3)cn1. The van der Waals surface area contributed by atoms with E-state index < -0.39 is 5.60 Å². The van der Waals surface area contributed by atoms with Crippen LogP contribution in [0, 0.1) is 11.3 Å². The maximum absolute atomic E-state index is 12.8. The molecule has 11 heteroatoms. The predicted octanol–water partition coefficient (Wildman–Crippen LogP) is 5.55. The van der Waals surface area contributed by atoms with Crippen LogP contribution >= 0.6 is 0 Å². The van der Waals surface area contributed by atoms with Gasteiger partial charge in [0.1, 0.15) is 17.5 Å². The maximum atomic E-state index is 12.8. The number of piperazine rings is 1. The van der Waals surface area contributed by atoms with Gasteiger partial charge in [-0.05, 0) is 75.4 Å². The van der Waals surface area contributed by atoms with E-state index in [1.165, 1.54) is 12.0 Å². The summed E-state index contributed by atoms with van der Waals surface area (Å²) in [5.41, 5.74) is 5.88. The molecule has 3 saturated heterocycles. The van der Waals surface area contributed by atoms with Crippen molar-refractivity contribution in [1.82, 2.24) is 29.4 Å². The Morgan fingerprint density at radius 2 is 1.87 bits per heavy atom. The number of nitriles is 1. The summed E-state index contributed by atoms with van der Waals surface area (Å²) in [5, 5.41) is 14.4. The van der Waals surface area contributed by atoms with E-state index in [1.54, 1.807) is 22.7 Å². The van der Waals surface area contributed by atoms with Gasteiger partial charge in [0.15, 0.2) is 0 Å². The van der Waals surface area contributed by atoms with Gasteiger partial charge in [0, 0.05) is 80.1 Å². The Morgan fingerprint density at radius 1 is 1.06 bits per heavy atom. The molecule has 3 unspecified atom stereocenters. The first-order valence-corrected chi connectivity index (χ1v) is 16.2. The molecule has 0 N–H and O–H groups in total. The van der Waals surface area contributed by atoms with Crippen molar-refractivity contribution < 1.29 is 14.3 Å². The zero-order valence-electron chi connectivity index (χ0n) is 27.6. The molecule has 11 nitrogen and oxygen atoms in total. The molecule has 8 heterocycles. The van der Waals surface area contributed by atoms with Crippen molar-refractivity contribution in [2.75, 3.05) is 31.6 Å². The van der Waals surface area contributed by atoms with E-state index in [2.05, 4.69) is 56.3 Å². The number of hydrogen-bond donors (Lipinski definition) is 0. The third kappa shape index (κ3) is 6.01. The van der Waals surface area contributed by atoms with Gasteiger partial charge in [0.25, 0.3) is 0 Å². The van der Waals surface area contributed by atoms with Gasteiger partial charge >= 0.3 is 6.09 Å². The molecular formula is C36H40N8O3. The highest BCUT2D eigenvalue weighted by atomic mass is 16.6. The first-order chi connectivity index (χ1) is 22.6. The number of pyridine rings is 3. The van der Waals surface area contributed by atoms with Crippen LogP contribution in [0.2, 0.25) is 0 Å². The normalized spacial score (nSPS) is 21.2. The number of hydrogen-bond acceptors (Lipinski definition) is 9. The Morgan fingerprint density at radius 3 is 2.51 bits per heavy atom. The molecule has 8 rings (SSSR count). The van der Waals surface area contributed by atoms with Crippen molar-refractivity contribution >= 4 is 23.0 Å². The van der Waals surface area contributed by atoms with Gasteiger partial charge in [-0.2, -0.15) is 10.4 Å². The molecule has 4 aliphatic rings. The Labute approximate surface area is 275 Å². The number of carbonyl (C=O) groups is 1. The molecule has 47 heavy (non-hydrogen) atoms. The van der Waals surface area contributed by atoms with E-state index >= 15 is 0 Å². The zero-order valence-corrected chi connectivity index (χ0v) is 27.6. The number of anilines is 1. The average molecular weight is 633 g/mol. The molecule has 4 aromatic rings. The third-order valence-corrected chi connectivity index (χ3v) is 9.41. The first-order valence-electron chi connectivity index (χ1n) is 16.2. The largest absolute Gasteiger partial charge is 0.481 e. The van der Waals surface area contributed by atoms with Crippen molar-refractivity contribution in [3.05, 3.63) is 77.9 Å². The summed E-state index contributed by atoms with van der Waals surface area (Å²) in [6.45, 7) is 10.9. The van der Waals surface area contributed by atoms with E-state index in [9.17, 15) is 10.1 Å². The van der Waals surface area contributed by atoms with Gasteiger partial charge < -0.3 is 19.3 Å². The van der Waals surface area contributed by atoms with Gasteiger partial charge in [-0.3, -0.25) is 4.90 Å². The predicted molar refractivity (Wildman–Crippen MR) is 179 cm³/mol. The number of rotatable bonds is 6. The highest BCUT2D eigenvalue weighted by Crippen LogP contribution is 2.37. The van der Waals surface area contributed by atoms with Crippen LogP contribution in [0.5, 0.6) is 5.88 Å². The van der Waals surface area contributed by atoms with Crippen LogP contribution in [-0.4, -0.2) is 85.9 Å². The summed E-state index contributed by atoms with van der Waals surface area (Å²) in [6, 6.07) is 13.6. The number of carbonyl (C=O) groups excluding carboxylic acids is 1. The molecule has 3 fully saturated rings. The molecule has 0 saturated carbocycles. The first kappa shape index (κ1) is 30.7. The fraction of sp³-hybridized carbons (Fsp3) is 0.417. The summed E-state index contributed by atoms with van der Waals surface area (Å²) in [7, 11) is 1.63. The minimum Gasteiger partial charge on any atom is -0.481 e. The smallest absolute Gasteiger partial charge is 0.410 e. The van der Waals surface area contributed by atoms with Crippen LogP contribution in [-0.2, 0) is 11.3 Å². The Balaban J connectivity index is 1.10. The second-order valence-electron chi connectivity index (χ2n) is 13.8. The highest BCUT2D eigenvalue weighted by molar-refractivity contribution is 5.87. The van der Waals surface area contributed by atoms with E-state index in [-0.39, 0.29) is 12.1 Å². The Bertz CT molecular complexity index is 1860. The van der Waals surface area contributed by atoms with Crippen molar-refractivity contribution in [3.63, 3.8) is 0 Å². The number of ether oxygens (including phenoxy) is 2. The molecule has 242 valence electrons. The molecular weight excluding hydrogens is 592 g/mol. The van der Waals surface area contributed by atoms with Gasteiger partial charge in [-0.1, -0.05) is 12.1 Å². The van der Waals surface area contributed by atoms with Crippen LogP contribution in [0.1, 0.15) is 57.2 Å². The summed E-state index contributed by atoms with van der Waals surface area (Å²) >= 11 is 0. The van der Waals surface area contributed by atoms with Gasteiger partial charge in [0.05, 0.1) is 24.4 Å². The molecule has 0 radical (unpaired) electrons. The highest BCUT2D eigenvalue weighted by Gasteiger charge is 2.44. The summed E-state index contributed by atoms with van der Waals surface area (Å²) in [6.07, 6.45) is 11.0. The number of methoxy groups -OCH3 is 1. The zero-order chi connectivity index (χ0) is 32.9. The number of aromatic nitrogens is 4. The maximum Gasteiger partial charge on any atom is 0.410 e. The summed E-state index contributed by atoms with van der Waals surface area (Å²) in [5.74, 6) is 1.59. The molecule has 0 aliphatic carbocycles. The van der Waals surface area contributed by atoms with Crippen LogP contribution in [0.3, 0.4) is 0 Å².